The maximum absolute atomic E-state index is 12.4. The molecule has 0 spiro atoms. The van der Waals surface area contributed by atoms with E-state index in [9.17, 15) is 18.4 Å². The zero-order valence-electron chi connectivity index (χ0n) is 12.8. The predicted octanol–water partition coefficient (Wildman–Crippen LogP) is 1.78. The number of nitrogens with one attached hydrogen (secondary N) is 1. The molecular formula is C15H19F2N3O3. The highest BCUT2D eigenvalue weighted by Crippen LogP contribution is 2.16. The number of hydrogen-bond donors (Lipinski definition) is 1. The van der Waals surface area contributed by atoms with E-state index in [1.165, 1.54) is 24.3 Å². The molecule has 6 nitrogen and oxygen atoms in total. The average molecular weight is 327 g/mol. The molecule has 2 rings (SSSR count). The number of rotatable bonds is 4. The Balaban J connectivity index is 1.90. The van der Waals surface area contributed by atoms with Crippen LogP contribution in [0.3, 0.4) is 0 Å². The zero-order valence-corrected chi connectivity index (χ0v) is 12.8. The zero-order chi connectivity index (χ0) is 16.8. The van der Waals surface area contributed by atoms with E-state index in [1.807, 2.05) is 6.92 Å². The molecule has 1 N–H and O–H groups in total. The minimum absolute atomic E-state index is 0.0117. The minimum atomic E-state index is -2.89. The lowest BCUT2D eigenvalue weighted by molar-refractivity contribution is -0.0498. The molecule has 0 radical (unpaired) electrons. The van der Waals surface area contributed by atoms with Crippen LogP contribution in [0.1, 0.15) is 17.3 Å². The number of hydrogen-bond acceptors (Lipinski definition) is 3. The van der Waals surface area contributed by atoms with Crippen molar-refractivity contribution in [1.82, 2.24) is 15.1 Å². The summed E-state index contributed by atoms with van der Waals surface area (Å²) in [5.41, 5.74) is 0.401. The summed E-state index contributed by atoms with van der Waals surface area (Å²) >= 11 is 0. The average Bonchev–Trinajstić information content (AvgIpc) is 2.55. The predicted molar refractivity (Wildman–Crippen MR) is 79.6 cm³/mol. The lowest BCUT2D eigenvalue weighted by Crippen LogP contribution is -2.53. The normalized spacial score (nSPS) is 14.8. The third-order valence-electron chi connectivity index (χ3n) is 3.51. The maximum Gasteiger partial charge on any atom is 0.387 e. The van der Waals surface area contributed by atoms with E-state index in [1.54, 1.807) is 9.80 Å². The lowest BCUT2D eigenvalue weighted by atomic mass is 10.1. The van der Waals surface area contributed by atoms with E-state index in [4.69, 9.17) is 0 Å². The minimum Gasteiger partial charge on any atom is -0.435 e. The summed E-state index contributed by atoms with van der Waals surface area (Å²) in [7, 11) is 0. The summed E-state index contributed by atoms with van der Waals surface area (Å²) < 4.78 is 28.4. The summed E-state index contributed by atoms with van der Waals surface area (Å²) in [5, 5.41) is 2.72. The number of urea groups is 1. The van der Waals surface area contributed by atoms with Crippen LogP contribution >= 0.6 is 0 Å². The van der Waals surface area contributed by atoms with Gasteiger partial charge in [-0.25, -0.2) is 4.79 Å². The monoisotopic (exact) mass is 327 g/mol. The quantitative estimate of drug-likeness (QED) is 0.917. The van der Waals surface area contributed by atoms with E-state index in [0.717, 1.165) is 0 Å². The number of ether oxygens (including phenoxy) is 1. The number of nitrogens with zero attached hydrogens (tertiary/aromatic N) is 2. The summed E-state index contributed by atoms with van der Waals surface area (Å²) in [6, 6.07) is 5.45. The first-order valence-electron chi connectivity index (χ1n) is 7.38. The van der Waals surface area contributed by atoms with Gasteiger partial charge >= 0.3 is 12.6 Å². The smallest absolute Gasteiger partial charge is 0.387 e. The van der Waals surface area contributed by atoms with Crippen molar-refractivity contribution in [3.05, 3.63) is 29.8 Å². The first-order chi connectivity index (χ1) is 11.0. The molecule has 1 saturated heterocycles. The molecule has 0 aliphatic carbocycles. The van der Waals surface area contributed by atoms with Crippen LogP contribution in [-0.4, -0.2) is 61.1 Å². The Bertz CT molecular complexity index is 543. The molecule has 1 aromatic carbocycles. The molecule has 1 heterocycles. The summed E-state index contributed by atoms with van der Waals surface area (Å²) in [4.78, 5) is 27.4. The fourth-order valence-electron chi connectivity index (χ4n) is 2.34. The SMILES string of the molecule is CCNC(=O)N1CCN(C(=O)c2ccc(OC(F)F)cc2)CC1. The second-order valence-electron chi connectivity index (χ2n) is 5.02. The van der Waals surface area contributed by atoms with E-state index < -0.39 is 6.61 Å². The molecule has 8 heteroatoms. The maximum atomic E-state index is 12.4. The number of carbonyl (C=O) groups excluding carboxylic acids is 2. The molecule has 0 atom stereocenters. The van der Waals surface area contributed by atoms with Gasteiger partial charge in [-0.1, -0.05) is 0 Å². The van der Waals surface area contributed by atoms with Crippen LogP contribution in [0.2, 0.25) is 0 Å². The van der Waals surface area contributed by atoms with E-state index in [-0.39, 0.29) is 17.7 Å². The third kappa shape index (κ3) is 4.54. The molecule has 23 heavy (non-hydrogen) atoms. The van der Waals surface area contributed by atoms with Crippen molar-refractivity contribution in [3.63, 3.8) is 0 Å². The van der Waals surface area contributed by atoms with Crippen molar-refractivity contribution in [3.8, 4) is 5.75 Å². The van der Waals surface area contributed by atoms with Gasteiger partial charge in [-0.05, 0) is 31.2 Å². The summed E-state index contributed by atoms with van der Waals surface area (Å²) in [5.74, 6) is -0.179. The van der Waals surface area contributed by atoms with E-state index in [2.05, 4.69) is 10.1 Å². The van der Waals surface area contributed by atoms with Gasteiger partial charge in [0.05, 0.1) is 0 Å². The molecule has 1 aromatic rings. The number of piperazine rings is 1. The van der Waals surface area contributed by atoms with E-state index >= 15 is 0 Å². The molecule has 3 amide bonds. The highest BCUT2D eigenvalue weighted by molar-refractivity contribution is 5.94. The highest BCUT2D eigenvalue weighted by atomic mass is 19.3. The van der Waals surface area contributed by atoms with Gasteiger partial charge in [0.1, 0.15) is 5.75 Å². The molecule has 0 aromatic heterocycles. The van der Waals surface area contributed by atoms with Crippen LogP contribution in [0.5, 0.6) is 5.75 Å². The van der Waals surface area contributed by atoms with Gasteiger partial charge in [-0.2, -0.15) is 8.78 Å². The van der Waals surface area contributed by atoms with Gasteiger partial charge in [0.2, 0.25) is 0 Å². The Labute approximate surface area is 133 Å². The highest BCUT2D eigenvalue weighted by Gasteiger charge is 2.24. The van der Waals surface area contributed by atoms with Gasteiger partial charge in [0, 0.05) is 38.3 Å². The number of benzene rings is 1. The standard InChI is InChI=1S/C15H19F2N3O3/c1-2-18-15(22)20-9-7-19(8-10-20)13(21)11-3-5-12(6-4-11)23-14(16)17/h3-6,14H,2,7-10H2,1H3,(H,18,22). The van der Waals surface area contributed by atoms with Crippen LogP contribution in [0.15, 0.2) is 24.3 Å². The van der Waals surface area contributed by atoms with Gasteiger partial charge in [0.25, 0.3) is 5.91 Å². The van der Waals surface area contributed by atoms with Gasteiger partial charge in [-0.15, -0.1) is 0 Å². The van der Waals surface area contributed by atoms with Crippen LogP contribution in [-0.2, 0) is 0 Å². The number of amides is 3. The largest absolute Gasteiger partial charge is 0.435 e. The summed E-state index contributed by atoms with van der Waals surface area (Å²) in [6.07, 6.45) is 0. The lowest BCUT2D eigenvalue weighted by Gasteiger charge is -2.34. The van der Waals surface area contributed by atoms with Crippen LogP contribution in [0.4, 0.5) is 13.6 Å². The number of carbonyl (C=O) groups is 2. The Morgan fingerprint density at radius 3 is 2.22 bits per heavy atom. The second-order valence-corrected chi connectivity index (χ2v) is 5.02. The number of halogens is 2. The second kappa shape index (κ2) is 7.75. The third-order valence-corrected chi connectivity index (χ3v) is 3.51. The topological polar surface area (TPSA) is 61.9 Å². The van der Waals surface area contributed by atoms with Crippen molar-refractivity contribution >= 4 is 11.9 Å². The fraction of sp³-hybridized carbons (Fsp3) is 0.467. The van der Waals surface area contributed by atoms with E-state index in [0.29, 0.717) is 38.3 Å². The molecule has 1 aliphatic rings. The first-order valence-corrected chi connectivity index (χ1v) is 7.38. The fourth-order valence-corrected chi connectivity index (χ4v) is 2.34. The molecule has 126 valence electrons. The van der Waals surface area contributed by atoms with Gasteiger partial charge in [-0.3, -0.25) is 4.79 Å². The van der Waals surface area contributed by atoms with Crippen LogP contribution in [0, 0.1) is 0 Å². The van der Waals surface area contributed by atoms with Crippen LogP contribution < -0.4 is 10.1 Å². The number of alkyl halides is 2. The van der Waals surface area contributed by atoms with Crippen molar-refractivity contribution in [2.75, 3.05) is 32.7 Å². The van der Waals surface area contributed by atoms with Gasteiger partial charge < -0.3 is 19.9 Å². The first kappa shape index (κ1) is 17.0. The van der Waals surface area contributed by atoms with Gasteiger partial charge in [0.15, 0.2) is 0 Å². The Kier molecular flexibility index (Phi) is 5.72. The Morgan fingerprint density at radius 1 is 1.13 bits per heavy atom. The molecular weight excluding hydrogens is 308 g/mol. The Hall–Kier alpha value is -2.38. The molecule has 1 fully saturated rings. The molecule has 1 aliphatic heterocycles. The molecule has 0 bridgehead atoms. The molecule has 0 unspecified atom stereocenters. The summed E-state index contributed by atoms with van der Waals surface area (Å²) in [6.45, 7) is 1.31. The molecule has 0 saturated carbocycles. The van der Waals surface area contributed by atoms with Crippen LogP contribution in [0.25, 0.3) is 0 Å². The van der Waals surface area contributed by atoms with Crippen molar-refractivity contribution in [1.29, 1.82) is 0 Å². The van der Waals surface area contributed by atoms with Crippen molar-refractivity contribution in [2.45, 2.75) is 13.5 Å². The van der Waals surface area contributed by atoms with Crippen molar-refractivity contribution < 1.29 is 23.1 Å². The Morgan fingerprint density at radius 2 is 1.70 bits per heavy atom. The van der Waals surface area contributed by atoms with Crippen molar-refractivity contribution in [2.24, 2.45) is 0 Å².